The number of hydrogen-bond donors (Lipinski definition) is 0. The Labute approximate surface area is 145 Å². The SMILES string of the molecule is CC(C)(C)c1ccc(-c2nnnn2-c2ccc(Cl)cc2Cl)cc1. The normalized spacial score (nSPS) is 11.7. The van der Waals surface area contributed by atoms with E-state index in [1.54, 1.807) is 22.9 Å². The van der Waals surface area contributed by atoms with Gasteiger partial charge < -0.3 is 0 Å². The maximum Gasteiger partial charge on any atom is 0.187 e. The summed E-state index contributed by atoms with van der Waals surface area (Å²) in [5, 5.41) is 13.0. The van der Waals surface area contributed by atoms with E-state index in [1.165, 1.54) is 5.56 Å². The van der Waals surface area contributed by atoms with Crippen LogP contribution >= 0.6 is 23.2 Å². The zero-order valence-corrected chi connectivity index (χ0v) is 14.6. The molecule has 1 aromatic heterocycles. The zero-order valence-electron chi connectivity index (χ0n) is 13.1. The van der Waals surface area contributed by atoms with Gasteiger partial charge in [0.25, 0.3) is 0 Å². The molecular formula is C17H16Cl2N4. The van der Waals surface area contributed by atoms with E-state index < -0.39 is 0 Å². The largest absolute Gasteiger partial charge is 0.191 e. The second kappa shape index (κ2) is 5.95. The lowest BCUT2D eigenvalue weighted by Gasteiger charge is -2.19. The van der Waals surface area contributed by atoms with E-state index in [-0.39, 0.29) is 5.41 Å². The van der Waals surface area contributed by atoms with Gasteiger partial charge in [0.15, 0.2) is 5.82 Å². The van der Waals surface area contributed by atoms with E-state index >= 15 is 0 Å². The van der Waals surface area contributed by atoms with E-state index in [1.807, 2.05) is 12.1 Å². The molecule has 0 fully saturated rings. The van der Waals surface area contributed by atoms with E-state index in [4.69, 9.17) is 23.2 Å². The second-order valence-corrected chi connectivity index (χ2v) is 7.18. The van der Waals surface area contributed by atoms with Gasteiger partial charge in [-0.05, 0) is 39.6 Å². The third kappa shape index (κ3) is 3.23. The summed E-state index contributed by atoms with van der Waals surface area (Å²) >= 11 is 12.2. The molecule has 23 heavy (non-hydrogen) atoms. The highest BCUT2D eigenvalue weighted by molar-refractivity contribution is 6.35. The number of rotatable bonds is 2. The van der Waals surface area contributed by atoms with Gasteiger partial charge in [0, 0.05) is 10.6 Å². The molecule has 0 atom stereocenters. The van der Waals surface area contributed by atoms with E-state index in [2.05, 4.69) is 48.4 Å². The Hall–Kier alpha value is -1.91. The lowest BCUT2D eigenvalue weighted by atomic mass is 9.87. The average molecular weight is 347 g/mol. The van der Waals surface area contributed by atoms with Gasteiger partial charge in [0.1, 0.15) is 0 Å². The smallest absolute Gasteiger partial charge is 0.187 e. The predicted octanol–water partition coefficient (Wildman–Crippen LogP) is 4.93. The number of aromatic nitrogens is 4. The zero-order chi connectivity index (χ0) is 16.6. The monoisotopic (exact) mass is 346 g/mol. The summed E-state index contributed by atoms with van der Waals surface area (Å²) in [7, 11) is 0. The van der Waals surface area contributed by atoms with E-state index in [9.17, 15) is 0 Å². The summed E-state index contributed by atoms with van der Waals surface area (Å²) in [6.07, 6.45) is 0. The molecule has 0 saturated heterocycles. The van der Waals surface area contributed by atoms with E-state index in [0.717, 1.165) is 5.56 Å². The first-order chi connectivity index (χ1) is 10.9. The van der Waals surface area contributed by atoms with Crippen LogP contribution in [0.4, 0.5) is 0 Å². The Kier molecular flexibility index (Phi) is 4.13. The van der Waals surface area contributed by atoms with Gasteiger partial charge in [-0.1, -0.05) is 68.2 Å². The van der Waals surface area contributed by atoms with Crippen molar-refractivity contribution in [3.05, 3.63) is 58.1 Å². The van der Waals surface area contributed by atoms with Gasteiger partial charge in [0.2, 0.25) is 0 Å². The molecule has 0 bridgehead atoms. The molecule has 0 unspecified atom stereocenters. The number of hydrogen-bond acceptors (Lipinski definition) is 3. The van der Waals surface area contributed by atoms with Crippen LogP contribution in [0, 0.1) is 0 Å². The molecule has 1 heterocycles. The summed E-state index contributed by atoms with van der Waals surface area (Å²) in [6, 6.07) is 13.5. The van der Waals surface area contributed by atoms with Crippen molar-refractivity contribution in [1.82, 2.24) is 20.2 Å². The molecule has 0 spiro atoms. The fourth-order valence-electron chi connectivity index (χ4n) is 2.30. The number of nitrogens with zero attached hydrogens (tertiary/aromatic N) is 4. The van der Waals surface area contributed by atoms with E-state index in [0.29, 0.717) is 21.6 Å². The van der Waals surface area contributed by atoms with Gasteiger partial charge in [0.05, 0.1) is 10.7 Å². The molecule has 0 aliphatic rings. The third-order valence-corrected chi connectivity index (χ3v) is 4.15. The lowest BCUT2D eigenvalue weighted by Crippen LogP contribution is -2.10. The van der Waals surface area contributed by atoms with Crippen LogP contribution in [-0.2, 0) is 5.41 Å². The van der Waals surface area contributed by atoms with Gasteiger partial charge in [-0.2, -0.15) is 4.68 Å². The number of tetrazole rings is 1. The van der Waals surface area contributed by atoms with Crippen LogP contribution < -0.4 is 0 Å². The van der Waals surface area contributed by atoms with Crippen LogP contribution in [-0.4, -0.2) is 20.2 Å². The Bertz CT molecular complexity index is 833. The van der Waals surface area contributed by atoms with Gasteiger partial charge in [-0.3, -0.25) is 0 Å². The van der Waals surface area contributed by atoms with Crippen LogP contribution in [0.25, 0.3) is 17.1 Å². The third-order valence-electron chi connectivity index (χ3n) is 3.62. The van der Waals surface area contributed by atoms with Crippen LogP contribution in [0.5, 0.6) is 0 Å². The van der Waals surface area contributed by atoms with Crippen molar-refractivity contribution < 1.29 is 0 Å². The molecular weight excluding hydrogens is 331 g/mol. The quantitative estimate of drug-likeness (QED) is 0.660. The van der Waals surface area contributed by atoms with Crippen LogP contribution in [0.1, 0.15) is 26.3 Å². The number of benzene rings is 2. The summed E-state index contributed by atoms with van der Waals surface area (Å²) in [5.41, 5.74) is 2.97. The molecule has 6 heteroatoms. The Balaban J connectivity index is 2.04. The van der Waals surface area contributed by atoms with Crippen molar-refractivity contribution in [2.45, 2.75) is 26.2 Å². The minimum atomic E-state index is 0.101. The molecule has 2 aromatic carbocycles. The minimum Gasteiger partial charge on any atom is -0.191 e. The van der Waals surface area contributed by atoms with Crippen LogP contribution in [0.3, 0.4) is 0 Å². The Morgan fingerprint density at radius 2 is 1.65 bits per heavy atom. The molecule has 0 radical (unpaired) electrons. The molecule has 0 saturated carbocycles. The van der Waals surface area contributed by atoms with Gasteiger partial charge in [-0.25, -0.2) is 0 Å². The standard InChI is InChI=1S/C17H16Cl2N4/c1-17(2,3)12-6-4-11(5-7-12)16-20-21-22-23(16)15-9-8-13(18)10-14(15)19/h4-10H,1-3H3. The van der Waals surface area contributed by atoms with Gasteiger partial charge in [-0.15, -0.1) is 5.10 Å². The molecule has 3 rings (SSSR count). The maximum atomic E-state index is 6.26. The van der Waals surface area contributed by atoms with Crippen molar-refractivity contribution in [3.63, 3.8) is 0 Å². The van der Waals surface area contributed by atoms with Crippen LogP contribution in [0.15, 0.2) is 42.5 Å². The van der Waals surface area contributed by atoms with Crippen molar-refractivity contribution in [3.8, 4) is 17.1 Å². The highest BCUT2D eigenvalue weighted by atomic mass is 35.5. The Morgan fingerprint density at radius 1 is 0.957 bits per heavy atom. The second-order valence-electron chi connectivity index (χ2n) is 6.34. The molecule has 4 nitrogen and oxygen atoms in total. The fraction of sp³-hybridized carbons (Fsp3) is 0.235. The van der Waals surface area contributed by atoms with Crippen molar-refractivity contribution in [1.29, 1.82) is 0 Å². The fourth-order valence-corrected chi connectivity index (χ4v) is 2.79. The molecule has 0 aliphatic heterocycles. The predicted molar refractivity (Wildman–Crippen MR) is 93.3 cm³/mol. The summed E-state index contributed by atoms with van der Waals surface area (Å²) in [5.74, 6) is 0.634. The highest BCUT2D eigenvalue weighted by Gasteiger charge is 2.16. The summed E-state index contributed by atoms with van der Waals surface area (Å²) in [4.78, 5) is 0. The first-order valence-electron chi connectivity index (χ1n) is 7.21. The summed E-state index contributed by atoms with van der Waals surface area (Å²) < 4.78 is 1.62. The van der Waals surface area contributed by atoms with Crippen molar-refractivity contribution >= 4 is 23.2 Å². The van der Waals surface area contributed by atoms with Crippen LogP contribution in [0.2, 0.25) is 10.0 Å². The minimum absolute atomic E-state index is 0.101. The molecule has 0 amide bonds. The van der Waals surface area contributed by atoms with Crippen molar-refractivity contribution in [2.24, 2.45) is 0 Å². The van der Waals surface area contributed by atoms with Crippen molar-refractivity contribution in [2.75, 3.05) is 0 Å². The summed E-state index contributed by atoms with van der Waals surface area (Å²) in [6.45, 7) is 6.54. The highest BCUT2D eigenvalue weighted by Crippen LogP contribution is 2.29. The topological polar surface area (TPSA) is 43.6 Å². The molecule has 3 aromatic rings. The molecule has 118 valence electrons. The first-order valence-corrected chi connectivity index (χ1v) is 7.96. The molecule has 0 N–H and O–H groups in total. The maximum absolute atomic E-state index is 6.26. The first kappa shape index (κ1) is 16.0. The van der Waals surface area contributed by atoms with Gasteiger partial charge >= 0.3 is 0 Å². The number of halogens is 2. The average Bonchev–Trinajstić information content (AvgIpc) is 2.95. The Morgan fingerprint density at radius 3 is 2.26 bits per heavy atom. The lowest BCUT2D eigenvalue weighted by molar-refractivity contribution is 0.590. The molecule has 0 aliphatic carbocycles.